The molecule has 1 aliphatic heterocycles. The molecule has 0 bridgehead atoms. The first-order chi connectivity index (χ1) is 10.1. The van der Waals surface area contributed by atoms with Gasteiger partial charge in [0.25, 0.3) is 5.91 Å². The molecule has 0 aliphatic carbocycles. The van der Waals surface area contributed by atoms with E-state index in [2.05, 4.69) is 15.0 Å². The van der Waals surface area contributed by atoms with Crippen LogP contribution < -0.4 is 5.32 Å². The predicted octanol–water partition coefficient (Wildman–Crippen LogP) is 2.60. The van der Waals surface area contributed by atoms with Gasteiger partial charge in [-0.25, -0.2) is 4.79 Å². The highest BCUT2D eigenvalue weighted by Crippen LogP contribution is 2.32. The van der Waals surface area contributed by atoms with Crippen molar-refractivity contribution in [2.75, 3.05) is 12.4 Å². The third-order valence-corrected chi connectivity index (χ3v) is 3.46. The summed E-state index contributed by atoms with van der Waals surface area (Å²) in [5, 5.41) is 2.82. The second-order valence-electron chi connectivity index (χ2n) is 4.83. The Bertz CT molecular complexity index is 772. The molecule has 0 spiro atoms. The standard InChI is InChI=1S/C16H14N2O3/c1-9-7-14(16(20)21-2)17-13(9)8-11-10-5-3-4-6-12(10)18-15(11)19/h3-8,17H,1-2H3,(H,18,19)/b11-8-. The molecule has 2 heterocycles. The van der Waals surface area contributed by atoms with Crippen molar-refractivity contribution in [2.24, 2.45) is 0 Å². The smallest absolute Gasteiger partial charge is 0.354 e. The minimum absolute atomic E-state index is 0.148. The van der Waals surface area contributed by atoms with E-state index in [1.165, 1.54) is 7.11 Å². The van der Waals surface area contributed by atoms with E-state index in [-0.39, 0.29) is 5.91 Å². The van der Waals surface area contributed by atoms with Crippen molar-refractivity contribution in [3.05, 3.63) is 52.8 Å². The van der Waals surface area contributed by atoms with Gasteiger partial charge >= 0.3 is 5.97 Å². The molecule has 2 N–H and O–H groups in total. The monoisotopic (exact) mass is 282 g/mol. The number of aromatic nitrogens is 1. The maximum Gasteiger partial charge on any atom is 0.354 e. The van der Waals surface area contributed by atoms with Gasteiger partial charge in [0.1, 0.15) is 5.69 Å². The van der Waals surface area contributed by atoms with Crippen LogP contribution in [0.3, 0.4) is 0 Å². The number of nitrogens with one attached hydrogen (secondary N) is 2. The molecule has 0 saturated carbocycles. The van der Waals surface area contributed by atoms with Crippen LogP contribution in [0.5, 0.6) is 0 Å². The Kier molecular flexibility index (Phi) is 3.10. The van der Waals surface area contributed by atoms with Gasteiger partial charge in [0.15, 0.2) is 0 Å². The molecule has 0 radical (unpaired) electrons. The Morgan fingerprint density at radius 3 is 2.81 bits per heavy atom. The molecule has 2 aromatic rings. The van der Waals surface area contributed by atoms with E-state index in [9.17, 15) is 9.59 Å². The molecule has 5 heteroatoms. The first kappa shape index (κ1) is 13.2. The normalized spacial score (nSPS) is 15.0. The Balaban J connectivity index is 2.05. The van der Waals surface area contributed by atoms with E-state index in [0.717, 1.165) is 22.5 Å². The minimum atomic E-state index is -0.431. The SMILES string of the molecule is COC(=O)c1cc(C)c(/C=C2\C(=O)Nc3ccccc32)[nH]1. The lowest BCUT2D eigenvalue weighted by Gasteiger charge is -1.98. The summed E-state index contributed by atoms with van der Waals surface area (Å²) >= 11 is 0. The quantitative estimate of drug-likeness (QED) is 0.657. The summed E-state index contributed by atoms with van der Waals surface area (Å²) in [5.74, 6) is -0.580. The van der Waals surface area contributed by atoms with Crippen LogP contribution in [0.25, 0.3) is 11.6 Å². The summed E-state index contributed by atoms with van der Waals surface area (Å²) in [4.78, 5) is 26.6. The maximum absolute atomic E-state index is 12.1. The van der Waals surface area contributed by atoms with E-state index in [1.54, 1.807) is 12.1 Å². The number of carbonyl (C=O) groups excluding carboxylic acids is 2. The number of anilines is 1. The Hall–Kier alpha value is -2.82. The van der Waals surface area contributed by atoms with E-state index in [1.807, 2.05) is 31.2 Å². The van der Waals surface area contributed by atoms with Gasteiger partial charge in [0, 0.05) is 16.9 Å². The highest BCUT2D eigenvalue weighted by Gasteiger charge is 2.24. The van der Waals surface area contributed by atoms with E-state index in [0.29, 0.717) is 11.3 Å². The van der Waals surface area contributed by atoms with Gasteiger partial charge in [0.2, 0.25) is 0 Å². The molecule has 0 unspecified atom stereocenters. The number of rotatable bonds is 2. The van der Waals surface area contributed by atoms with Crippen molar-refractivity contribution in [1.82, 2.24) is 4.98 Å². The van der Waals surface area contributed by atoms with Crippen LogP contribution >= 0.6 is 0 Å². The molecule has 1 aromatic carbocycles. The van der Waals surface area contributed by atoms with E-state index < -0.39 is 5.97 Å². The van der Waals surface area contributed by atoms with Crippen molar-refractivity contribution in [3.63, 3.8) is 0 Å². The third kappa shape index (κ3) is 2.23. The van der Waals surface area contributed by atoms with E-state index >= 15 is 0 Å². The molecule has 1 amide bonds. The molecule has 106 valence electrons. The predicted molar refractivity (Wildman–Crippen MR) is 79.8 cm³/mol. The van der Waals surface area contributed by atoms with Gasteiger partial charge in [-0.2, -0.15) is 0 Å². The van der Waals surface area contributed by atoms with Crippen molar-refractivity contribution in [2.45, 2.75) is 6.92 Å². The van der Waals surface area contributed by atoms with Gasteiger partial charge in [-0.3, -0.25) is 4.79 Å². The molecule has 1 aliphatic rings. The number of hydrogen-bond donors (Lipinski definition) is 2. The second kappa shape index (κ2) is 4.94. The van der Waals surface area contributed by atoms with Gasteiger partial charge in [-0.15, -0.1) is 0 Å². The first-order valence-corrected chi connectivity index (χ1v) is 6.50. The Labute approximate surface area is 121 Å². The maximum atomic E-state index is 12.1. The number of benzene rings is 1. The van der Waals surface area contributed by atoms with Crippen molar-refractivity contribution >= 4 is 29.2 Å². The van der Waals surface area contributed by atoms with Crippen LogP contribution in [-0.4, -0.2) is 24.0 Å². The minimum Gasteiger partial charge on any atom is -0.464 e. The molecule has 0 saturated heterocycles. The molecule has 3 rings (SSSR count). The molecule has 0 atom stereocenters. The van der Waals surface area contributed by atoms with Crippen molar-refractivity contribution in [1.29, 1.82) is 0 Å². The molecule has 1 aromatic heterocycles. The lowest BCUT2D eigenvalue weighted by atomic mass is 10.1. The van der Waals surface area contributed by atoms with Crippen LogP contribution in [-0.2, 0) is 9.53 Å². The Morgan fingerprint density at radius 1 is 1.29 bits per heavy atom. The fourth-order valence-electron chi connectivity index (χ4n) is 2.37. The fourth-order valence-corrected chi connectivity index (χ4v) is 2.37. The zero-order valence-corrected chi connectivity index (χ0v) is 11.7. The van der Waals surface area contributed by atoms with Gasteiger partial charge in [-0.05, 0) is 30.7 Å². The summed E-state index contributed by atoms with van der Waals surface area (Å²) < 4.78 is 4.68. The number of amides is 1. The van der Waals surface area contributed by atoms with Crippen LogP contribution in [0.1, 0.15) is 27.3 Å². The summed E-state index contributed by atoms with van der Waals surface area (Å²) in [6.07, 6.45) is 1.75. The van der Waals surface area contributed by atoms with Crippen LogP contribution in [0.4, 0.5) is 5.69 Å². The first-order valence-electron chi connectivity index (χ1n) is 6.50. The third-order valence-electron chi connectivity index (χ3n) is 3.46. The van der Waals surface area contributed by atoms with Crippen LogP contribution in [0.2, 0.25) is 0 Å². The molecule has 0 fully saturated rings. The average Bonchev–Trinajstić information content (AvgIpc) is 3.00. The number of para-hydroxylation sites is 1. The van der Waals surface area contributed by atoms with Crippen LogP contribution in [0.15, 0.2) is 30.3 Å². The summed E-state index contributed by atoms with van der Waals surface area (Å²) in [5.41, 5.74) is 4.19. The number of aryl methyl sites for hydroxylation is 1. The van der Waals surface area contributed by atoms with Gasteiger partial charge < -0.3 is 15.0 Å². The lowest BCUT2D eigenvalue weighted by Crippen LogP contribution is -2.04. The van der Waals surface area contributed by atoms with Gasteiger partial charge in [0.05, 0.1) is 12.7 Å². The lowest BCUT2D eigenvalue weighted by molar-refractivity contribution is -0.110. The molecular formula is C16H14N2O3. The average molecular weight is 282 g/mol. The number of methoxy groups -OCH3 is 1. The largest absolute Gasteiger partial charge is 0.464 e. The molecular weight excluding hydrogens is 268 g/mol. The Morgan fingerprint density at radius 2 is 2.05 bits per heavy atom. The van der Waals surface area contributed by atoms with Crippen molar-refractivity contribution in [3.8, 4) is 0 Å². The number of fused-ring (bicyclic) bond motifs is 1. The summed E-state index contributed by atoms with van der Waals surface area (Å²) in [6.45, 7) is 1.87. The number of ether oxygens (including phenoxy) is 1. The van der Waals surface area contributed by atoms with E-state index in [4.69, 9.17) is 0 Å². The highest BCUT2D eigenvalue weighted by atomic mass is 16.5. The number of carbonyl (C=O) groups is 2. The summed E-state index contributed by atoms with van der Waals surface area (Å²) in [7, 11) is 1.33. The zero-order chi connectivity index (χ0) is 15.0. The van der Waals surface area contributed by atoms with Crippen LogP contribution in [0, 0.1) is 6.92 Å². The summed E-state index contributed by atoms with van der Waals surface area (Å²) in [6, 6.07) is 9.21. The number of aromatic amines is 1. The number of esters is 1. The molecule has 5 nitrogen and oxygen atoms in total. The molecule has 21 heavy (non-hydrogen) atoms. The fraction of sp³-hybridized carbons (Fsp3) is 0.125. The number of H-pyrrole nitrogens is 1. The zero-order valence-electron chi connectivity index (χ0n) is 11.7. The topological polar surface area (TPSA) is 71.2 Å². The second-order valence-corrected chi connectivity index (χ2v) is 4.83. The number of hydrogen-bond acceptors (Lipinski definition) is 3. The van der Waals surface area contributed by atoms with Gasteiger partial charge in [-0.1, -0.05) is 18.2 Å². The van der Waals surface area contributed by atoms with Crippen molar-refractivity contribution < 1.29 is 14.3 Å². The highest BCUT2D eigenvalue weighted by molar-refractivity contribution is 6.34.